The number of aryl methyl sites for hydroxylation is 1. The number of nitrogens with one attached hydrogen (secondary N) is 1. The van der Waals surface area contributed by atoms with E-state index in [0.717, 1.165) is 19.0 Å². The van der Waals surface area contributed by atoms with E-state index in [0.29, 0.717) is 0 Å². The first-order chi connectivity index (χ1) is 7.22. The molecule has 2 nitrogen and oxygen atoms in total. The Bertz CT molecular complexity index is 289. The van der Waals surface area contributed by atoms with Crippen molar-refractivity contribution in [2.45, 2.75) is 20.4 Å². The van der Waals surface area contributed by atoms with Crippen LogP contribution >= 0.6 is 11.8 Å². The fourth-order valence-corrected chi connectivity index (χ4v) is 2.21. The van der Waals surface area contributed by atoms with Crippen LogP contribution in [0.3, 0.4) is 0 Å². The average Bonchev–Trinajstić information content (AvgIpc) is 2.18. The molecule has 1 rings (SSSR count). The van der Waals surface area contributed by atoms with Gasteiger partial charge < -0.3 is 5.32 Å². The van der Waals surface area contributed by atoms with Crippen molar-refractivity contribution in [2.75, 3.05) is 18.6 Å². The molecule has 0 aliphatic carbocycles. The van der Waals surface area contributed by atoms with Crippen molar-refractivity contribution in [1.82, 2.24) is 10.3 Å². The van der Waals surface area contributed by atoms with E-state index in [1.807, 2.05) is 24.2 Å². The molecule has 0 saturated heterocycles. The predicted octanol–water partition coefficient (Wildman–Crippen LogP) is 2.48. The minimum absolute atomic E-state index is 0.734. The van der Waals surface area contributed by atoms with E-state index in [4.69, 9.17) is 0 Å². The van der Waals surface area contributed by atoms with Crippen LogP contribution in [-0.4, -0.2) is 23.5 Å². The van der Waals surface area contributed by atoms with Gasteiger partial charge in [-0.15, -0.1) is 0 Å². The maximum Gasteiger partial charge on any atom is 0.0313 e. The molecule has 1 aromatic heterocycles. The largest absolute Gasteiger partial charge is 0.312 e. The molecule has 0 aliphatic rings. The maximum atomic E-state index is 4.17. The van der Waals surface area contributed by atoms with E-state index >= 15 is 0 Å². The molecule has 0 amide bonds. The molecule has 15 heavy (non-hydrogen) atoms. The number of rotatable bonds is 6. The number of nitrogens with zero attached hydrogens (tertiary/aromatic N) is 1. The standard InChI is InChI=1S/C12H20N2S/c1-10-4-12(7-13-5-10)8-14-6-11(2)9-15-3/h4-5,7,11,14H,6,8-9H2,1-3H3. The summed E-state index contributed by atoms with van der Waals surface area (Å²) in [7, 11) is 0. The van der Waals surface area contributed by atoms with Crippen molar-refractivity contribution < 1.29 is 0 Å². The lowest BCUT2D eigenvalue weighted by Gasteiger charge is -2.11. The van der Waals surface area contributed by atoms with E-state index in [-0.39, 0.29) is 0 Å². The van der Waals surface area contributed by atoms with Gasteiger partial charge in [0.15, 0.2) is 0 Å². The van der Waals surface area contributed by atoms with Gasteiger partial charge in [0.25, 0.3) is 0 Å². The molecular weight excluding hydrogens is 204 g/mol. The van der Waals surface area contributed by atoms with Gasteiger partial charge in [-0.1, -0.05) is 13.0 Å². The molecule has 0 aliphatic heterocycles. The molecule has 84 valence electrons. The number of hydrogen-bond donors (Lipinski definition) is 1. The van der Waals surface area contributed by atoms with E-state index < -0.39 is 0 Å². The Hall–Kier alpha value is -0.540. The fraction of sp³-hybridized carbons (Fsp3) is 0.583. The van der Waals surface area contributed by atoms with E-state index in [1.54, 1.807) is 0 Å². The normalized spacial score (nSPS) is 12.7. The SMILES string of the molecule is CSCC(C)CNCc1cncc(C)c1. The Morgan fingerprint density at radius 2 is 2.27 bits per heavy atom. The fourth-order valence-electron chi connectivity index (χ4n) is 1.52. The minimum Gasteiger partial charge on any atom is -0.312 e. The Morgan fingerprint density at radius 3 is 2.93 bits per heavy atom. The van der Waals surface area contributed by atoms with Gasteiger partial charge in [0, 0.05) is 18.9 Å². The molecule has 1 aromatic rings. The molecule has 1 heterocycles. The highest BCUT2D eigenvalue weighted by molar-refractivity contribution is 7.98. The van der Waals surface area contributed by atoms with Crippen molar-refractivity contribution >= 4 is 11.8 Å². The van der Waals surface area contributed by atoms with Crippen molar-refractivity contribution in [3.8, 4) is 0 Å². The smallest absolute Gasteiger partial charge is 0.0313 e. The van der Waals surface area contributed by atoms with Crippen molar-refractivity contribution in [1.29, 1.82) is 0 Å². The van der Waals surface area contributed by atoms with Gasteiger partial charge in [-0.3, -0.25) is 4.98 Å². The number of pyridine rings is 1. The van der Waals surface area contributed by atoms with Crippen LogP contribution in [0, 0.1) is 12.8 Å². The van der Waals surface area contributed by atoms with Gasteiger partial charge >= 0.3 is 0 Å². The molecule has 0 bridgehead atoms. The number of aromatic nitrogens is 1. The summed E-state index contributed by atoms with van der Waals surface area (Å²) in [6.45, 7) is 6.35. The number of hydrogen-bond acceptors (Lipinski definition) is 3. The summed E-state index contributed by atoms with van der Waals surface area (Å²) >= 11 is 1.91. The second-order valence-electron chi connectivity index (χ2n) is 4.06. The van der Waals surface area contributed by atoms with Gasteiger partial charge in [0.05, 0.1) is 0 Å². The lowest BCUT2D eigenvalue weighted by atomic mass is 10.2. The third-order valence-corrected chi connectivity index (χ3v) is 3.11. The Labute approximate surface area is 96.9 Å². The Kier molecular flexibility index (Phi) is 5.73. The van der Waals surface area contributed by atoms with Gasteiger partial charge in [-0.2, -0.15) is 11.8 Å². The monoisotopic (exact) mass is 224 g/mol. The quantitative estimate of drug-likeness (QED) is 0.803. The van der Waals surface area contributed by atoms with Crippen LogP contribution in [-0.2, 0) is 6.54 Å². The molecule has 3 heteroatoms. The molecule has 0 radical (unpaired) electrons. The second-order valence-corrected chi connectivity index (χ2v) is 4.97. The van der Waals surface area contributed by atoms with E-state index in [2.05, 4.69) is 36.5 Å². The molecule has 0 spiro atoms. The Morgan fingerprint density at radius 1 is 1.47 bits per heavy atom. The maximum absolute atomic E-state index is 4.17. The first-order valence-corrected chi connectivity index (χ1v) is 6.72. The highest BCUT2D eigenvalue weighted by atomic mass is 32.2. The molecule has 0 saturated carbocycles. The zero-order valence-electron chi connectivity index (χ0n) is 9.79. The van der Waals surface area contributed by atoms with Crippen LogP contribution in [0.2, 0.25) is 0 Å². The van der Waals surface area contributed by atoms with Crippen molar-refractivity contribution in [3.63, 3.8) is 0 Å². The molecule has 1 unspecified atom stereocenters. The van der Waals surface area contributed by atoms with Gasteiger partial charge in [-0.25, -0.2) is 0 Å². The first-order valence-electron chi connectivity index (χ1n) is 5.32. The highest BCUT2D eigenvalue weighted by Gasteiger charge is 2.00. The van der Waals surface area contributed by atoms with Gasteiger partial charge in [-0.05, 0) is 42.5 Å². The van der Waals surface area contributed by atoms with Gasteiger partial charge in [0.2, 0.25) is 0 Å². The van der Waals surface area contributed by atoms with Crippen LogP contribution in [0.15, 0.2) is 18.5 Å². The lowest BCUT2D eigenvalue weighted by Crippen LogP contribution is -2.22. The number of thioether (sulfide) groups is 1. The topological polar surface area (TPSA) is 24.9 Å². The zero-order valence-corrected chi connectivity index (χ0v) is 10.6. The van der Waals surface area contributed by atoms with Crippen LogP contribution in [0.5, 0.6) is 0 Å². The Balaban J connectivity index is 2.25. The summed E-state index contributed by atoms with van der Waals surface area (Å²) in [5, 5.41) is 3.46. The van der Waals surface area contributed by atoms with Gasteiger partial charge in [0.1, 0.15) is 0 Å². The average molecular weight is 224 g/mol. The minimum atomic E-state index is 0.734. The van der Waals surface area contributed by atoms with E-state index in [1.165, 1.54) is 16.9 Å². The molecule has 1 atom stereocenters. The summed E-state index contributed by atoms with van der Waals surface area (Å²) in [6.07, 6.45) is 5.97. The summed E-state index contributed by atoms with van der Waals surface area (Å²) in [5.74, 6) is 1.96. The lowest BCUT2D eigenvalue weighted by molar-refractivity contribution is 0.559. The summed E-state index contributed by atoms with van der Waals surface area (Å²) in [5.41, 5.74) is 2.50. The van der Waals surface area contributed by atoms with Crippen molar-refractivity contribution in [3.05, 3.63) is 29.6 Å². The van der Waals surface area contributed by atoms with Crippen LogP contribution in [0.4, 0.5) is 0 Å². The van der Waals surface area contributed by atoms with Crippen molar-refractivity contribution in [2.24, 2.45) is 5.92 Å². The second kappa shape index (κ2) is 6.85. The molecule has 0 fully saturated rings. The summed E-state index contributed by atoms with van der Waals surface area (Å²) in [4.78, 5) is 4.17. The third-order valence-electron chi connectivity index (χ3n) is 2.20. The third kappa shape index (κ3) is 5.19. The van der Waals surface area contributed by atoms with Crippen LogP contribution in [0.25, 0.3) is 0 Å². The molecule has 1 N–H and O–H groups in total. The van der Waals surface area contributed by atoms with Crippen LogP contribution < -0.4 is 5.32 Å². The highest BCUT2D eigenvalue weighted by Crippen LogP contribution is 2.04. The zero-order chi connectivity index (χ0) is 11.1. The predicted molar refractivity (Wildman–Crippen MR) is 68.2 cm³/mol. The molecular formula is C12H20N2S. The summed E-state index contributed by atoms with van der Waals surface area (Å²) < 4.78 is 0. The summed E-state index contributed by atoms with van der Waals surface area (Å²) in [6, 6.07) is 2.18. The first kappa shape index (κ1) is 12.5. The van der Waals surface area contributed by atoms with Crippen LogP contribution in [0.1, 0.15) is 18.1 Å². The molecule has 0 aromatic carbocycles. The van der Waals surface area contributed by atoms with E-state index in [9.17, 15) is 0 Å².